The monoisotopic (exact) mass is 377 g/mol. The van der Waals surface area contributed by atoms with Gasteiger partial charge in [0.2, 0.25) is 0 Å². The van der Waals surface area contributed by atoms with Crippen LogP contribution in [0.1, 0.15) is 33.2 Å². The number of fused-ring (bicyclic) bond motifs is 1. The van der Waals surface area contributed by atoms with Gasteiger partial charge in [-0.25, -0.2) is 4.90 Å². The van der Waals surface area contributed by atoms with E-state index in [0.29, 0.717) is 12.2 Å². The number of ether oxygens (including phenoxy) is 1. The summed E-state index contributed by atoms with van der Waals surface area (Å²) in [6, 6.07) is 9.41. The molecule has 0 saturated heterocycles. The molecule has 2 aromatic rings. The lowest BCUT2D eigenvalue weighted by Crippen LogP contribution is -2.29. The Bertz CT molecular complexity index is 895. The van der Waals surface area contributed by atoms with Gasteiger partial charge in [0.1, 0.15) is 0 Å². The number of hydrogen-bond donors (Lipinski definition) is 0. The zero-order chi connectivity index (χ0) is 18.1. The smallest absolute Gasteiger partial charge is 0.310 e. The van der Waals surface area contributed by atoms with Crippen LogP contribution < -0.4 is 4.90 Å². The van der Waals surface area contributed by atoms with Gasteiger partial charge in [0.05, 0.1) is 39.9 Å². The molecule has 0 N–H and O–H groups in total. The van der Waals surface area contributed by atoms with Crippen molar-refractivity contribution < 1.29 is 19.1 Å². The van der Waals surface area contributed by atoms with E-state index in [9.17, 15) is 14.4 Å². The molecule has 0 saturated carbocycles. The average Bonchev–Trinajstić information content (AvgIpc) is 2.81. The second-order valence-electron chi connectivity index (χ2n) is 5.38. The van der Waals surface area contributed by atoms with E-state index in [1.807, 2.05) is 0 Å². The Balaban J connectivity index is 1.93. The van der Waals surface area contributed by atoms with Crippen LogP contribution in [0.25, 0.3) is 0 Å². The highest BCUT2D eigenvalue weighted by Gasteiger charge is 2.39. The second kappa shape index (κ2) is 6.86. The molecule has 3 rings (SSSR count). The molecule has 7 heteroatoms. The molecule has 5 nitrogen and oxygen atoms in total. The largest absolute Gasteiger partial charge is 0.466 e. The van der Waals surface area contributed by atoms with E-state index in [4.69, 9.17) is 27.9 Å². The SMILES string of the molecule is CCOC(=O)Cc1ccc(N2C(=O)c3cccc(Cl)c3C2=O)c(Cl)c1. The van der Waals surface area contributed by atoms with Crippen LogP contribution in [-0.4, -0.2) is 24.4 Å². The third-order valence-electron chi connectivity index (χ3n) is 3.77. The van der Waals surface area contributed by atoms with Gasteiger partial charge in [-0.05, 0) is 36.8 Å². The van der Waals surface area contributed by atoms with Crippen molar-refractivity contribution >= 4 is 46.7 Å². The van der Waals surface area contributed by atoms with Crippen molar-refractivity contribution in [2.45, 2.75) is 13.3 Å². The number of hydrogen-bond acceptors (Lipinski definition) is 4. The molecule has 0 aromatic heterocycles. The summed E-state index contributed by atoms with van der Waals surface area (Å²) in [5.41, 5.74) is 1.28. The maximum atomic E-state index is 12.6. The van der Waals surface area contributed by atoms with Crippen molar-refractivity contribution in [2.75, 3.05) is 11.5 Å². The highest BCUT2D eigenvalue weighted by atomic mass is 35.5. The molecule has 1 aliphatic rings. The summed E-state index contributed by atoms with van der Waals surface area (Å²) in [5.74, 6) is -1.38. The quantitative estimate of drug-likeness (QED) is 0.598. The van der Waals surface area contributed by atoms with E-state index in [0.717, 1.165) is 4.90 Å². The van der Waals surface area contributed by atoms with Crippen molar-refractivity contribution in [3.8, 4) is 0 Å². The van der Waals surface area contributed by atoms with E-state index in [1.54, 1.807) is 37.3 Å². The van der Waals surface area contributed by atoms with Crippen LogP contribution in [0.15, 0.2) is 36.4 Å². The molecule has 1 heterocycles. The first-order chi connectivity index (χ1) is 11.9. The van der Waals surface area contributed by atoms with Gasteiger partial charge in [-0.3, -0.25) is 14.4 Å². The Kier molecular flexibility index (Phi) is 4.79. The zero-order valence-electron chi connectivity index (χ0n) is 13.2. The van der Waals surface area contributed by atoms with Crippen LogP contribution in [0.3, 0.4) is 0 Å². The molecule has 0 aliphatic carbocycles. The van der Waals surface area contributed by atoms with Crippen molar-refractivity contribution in [1.29, 1.82) is 0 Å². The minimum atomic E-state index is -0.523. The van der Waals surface area contributed by atoms with Crippen LogP contribution >= 0.6 is 23.2 Å². The molecule has 0 bridgehead atoms. The Hall–Kier alpha value is -2.37. The first-order valence-corrected chi connectivity index (χ1v) is 8.31. The van der Waals surface area contributed by atoms with E-state index >= 15 is 0 Å². The zero-order valence-corrected chi connectivity index (χ0v) is 14.7. The number of imide groups is 1. The van der Waals surface area contributed by atoms with Gasteiger partial charge in [-0.15, -0.1) is 0 Å². The summed E-state index contributed by atoms with van der Waals surface area (Å²) in [5, 5.41) is 0.404. The van der Waals surface area contributed by atoms with Gasteiger partial charge in [-0.2, -0.15) is 0 Å². The van der Waals surface area contributed by atoms with Crippen molar-refractivity contribution in [3.05, 3.63) is 63.1 Å². The number of esters is 1. The van der Waals surface area contributed by atoms with Crippen molar-refractivity contribution in [2.24, 2.45) is 0 Å². The maximum absolute atomic E-state index is 12.6. The lowest BCUT2D eigenvalue weighted by molar-refractivity contribution is -0.142. The van der Waals surface area contributed by atoms with Gasteiger partial charge < -0.3 is 4.74 Å². The van der Waals surface area contributed by atoms with Crippen LogP contribution in [0.5, 0.6) is 0 Å². The molecular formula is C18H13Cl2NO4. The predicted octanol–water partition coefficient (Wildman–Crippen LogP) is 3.90. The molecule has 2 aromatic carbocycles. The maximum Gasteiger partial charge on any atom is 0.310 e. The highest BCUT2D eigenvalue weighted by Crippen LogP contribution is 2.36. The topological polar surface area (TPSA) is 63.7 Å². The summed E-state index contributed by atoms with van der Waals surface area (Å²) in [6.07, 6.45) is 0.0573. The molecule has 0 atom stereocenters. The molecule has 1 aliphatic heterocycles. The Morgan fingerprint density at radius 2 is 1.84 bits per heavy atom. The molecule has 0 radical (unpaired) electrons. The summed E-state index contributed by atoms with van der Waals surface area (Å²) >= 11 is 12.3. The van der Waals surface area contributed by atoms with Gasteiger partial charge in [0, 0.05) is 0 Å². The van der Waals surface area contributed by atoms with Crippen molar-refractivity contribution in [1.82, 2.24) is 0 Å². The fourth-order valence-electron chi connectivity index (χ4n) is 2.68. The lowest BCUT2D eigenvalue weighted by Gasteiger charge is -2.16. The number of amides is 2. The predicted molar refractivity (Wildman–Crippen MR) is 94.4 cm³/mol. The van der Waals surface area contributed by atoms with Gasteiger partial charge >= 0.3 is 5.97 Å². The number of benzene rings is 2. The van der Waals surface area contributed by atoms with Crippen LogP contribution in [0.2, 0.25) is 10.0 Å². The van der Waals surface area contributed by atoms with Gasteiger partial charge in [0.15, 0.2) is 0 Å². The fourth-order valence-corrected chi connectivity index (χ4v) is 3.23. The molecule has 0 unspecified atom stereocenters. The summed E-state index contributed by atoms with van der Waals surface area (Å²) in [7, 11) is 0. The molecule has 128 valence electrons. The second-order valence-corrected chi connectivity index (χ2v) is 6.19. The Labute approximate surface area is 154 Å². The van der Waals surface area contributed by atoms with Crippen LogP contribution in [-0.2, 0) is 16.0 Å². The molecule has 0 spiro atoms. The first-order valence-electron chi connectivity index (χ1n) is 7.55. The fraction of sp³-hybridized carbons (Fsp3) is 0.167. The molecule has 25 heavy (non-hydrogen) atoms. The highest BCUT2D eigenvalue weighted by molar-refractivity contribution is 6.44. The normalized spacial score (nSPS) is 13.2. The van der Waals surface area contributed by atoms with Gasteiger partial charge in [0.25, 0.3) is 11.8 Å². The number of carbonyl (C=O) groups excluding carboxylic acids is 3. The minimum absolute atomic E-state index is 0.0573. The van der Waals surface area contributed by atoms with E-state index in [1.165, 1.54) is 6.07 Å². The number of anilines is 1. The lowest BCUT2D eigenvalue weighted by atomic mass is 10.1. The third-order valence-corrected chi connectivity index (χ3v) is 4.39. The molecule has 0 fully saturated rings. The van der Waals surface area contributed by atoms with E-state index in [-0.39, 0.29) is 39.2 Å². The standard InChI is InChI=1S/C18H13Cl2NO4/c1-2-25-15(22)9-10-6-7-14(13(20)8-10)21-17(23)11-4-3-5-12(19)16(11)18(21)24/h3-8H,2,9H2,1H3. The average molecular weight is 378 g/mol. The summed E-state index contributed by atoms with van der Waals surface area (Å²) in [4.78, 5) is 37.7. The van der Waals surface area contributed by atoms with Crippen LogP contribution in [0.4, 0.5) is 5.69 Å². The number of rotatable bonds is 4. The Morgan fingerprint density at radius 1 is 1.08 bits per heavy atom. The molecular weight excluding hydrogens is 365 g/mol. The number of carbonyl (C=O) groups is 3. The first kappa shape index (κ1) is 17.5. The summed E-state index contributed by atoms with van der Waals surface area (Å²) in [6.45, 7) is 2.02. The van der Waals surface area contributed by atoms with Gasteiger partial charge in [-0.1, -0.05) is 35.3 Å². The molecule has 2 amide bonds. The third kappa shape index (κ3) is 3.13. The van der Waals surface area contributed by atoms with Crippen molar-refractivity contribution in [3.63, 3.8) is 0 Å². The number of halogens is 2. The minimum Gasteiger partial charge on any atom is -0.466 e. The summed E-state index contributed by atoms with van der Waals surface area (Å²) < 4.78 is 4.89. The van der Waals surface area contributed by atoms with E-state index in [2.05, 4.69) is 0 Å². The number of nitrogens with zero attached hydrogens (tertiary/aromatic N) is 1. The van der Waals surface area contributed by atoms with Crippen LogP contribution in [0, 0.1) is 0 Å². The van der Waals surface area contributed by atoms with E-state index < -0.39 is 11.8 Å². The Morgan fingerprint density at radius 3 is 2.48 bits per heavy atom.